The Kier molecular flexibility index (Phi) is 7.04. The number of hydrogen-bond acceptors (Lipinski definition) is 4. The molecule has 0 saturated carbocycles. The van der Waals surface area contributed by atoms with Crippen LogP contribution in [0.15, 0.2) is 48.5 Å². The molecule has 0 unspecified atom stereocenters. The summed E-state index contributed by atoms with van der Waals surface area (Å²) in [4.78, 5) is 14.2. The molecule has 0 fully saturated rings. The Bertz CT molecular complexity index is 739. The molecule has 0 spiro atoms. The number of phenolic OH excluding ortho intramolecular Hbond substituents is 1. The second-order valence-electron chi connectivity index (χ2n) is 5.94. The lowest BCUT2D eigenvalue weighted by atomic mass is 10.1. The van der Waals surface area contributed by atoms with Crippen molar-refractivity contribution in [1.29, 1.82) is 0 Å². The van der Waals surface area contributed by atoms with Crippen molar-refractivity contribution in [3.8, 4) is 11.5 Å². The molecular weight excluding hydrogens is 338 g/mol. The van der Waals surface area contributed by atoms with E-state index in [1.807, 2.05) is 14.1 Å². The molecule has 4 nitrogen and oxygen atoms in total. The second kappa shape index (κ2) is 9.25. The number of carbonyl (C=O) groups is 1. The normalized spacial score (nSPS) is 11.2. The molecule has 0 aliphatic heterocycles. The first kappa shape index (κ1) is 19.0. The van der Waals surface area contributed by atoms with E-state index in [0.29, 0.717) is 22.9 Å². The zero-order valence-corrected chi connectivity index (χ0v) is 15.2. The average molecular weight is 360 g/mol. The van der Waals surface area contributed by atoms with Crippen LogP contribution in [-0.2, 0) is 0 Å². The summed E-state index contributed by atoms with van der Waals surface area (Å²) in [7, 11) is 4.00. The van der Waals surface area contributed by atoms with Gasteiger partial charge in [0.2, 0.25) is 0 Å². The number of aromatic hydroxyl groups is 1. The van der Waals surface area contributed by atoms with Crippen molar-refractivity contribution in [3.63, 3.8) is 0 Å². The van der Waals surface area contributed by atoms with Gasteiger partial charge in [-0.25, -0.2) is 0 Å². The Morgan fingerprint density at radius 2 is 1.92 bits per heavy atom. The smallest absolute Gasteiger partial charge is 0.185 e. The predicted octanol–water partition coefficient (Wildman–Crippen LogP) is 4.27. The van der Waals surface area contributed by atoms with Crippen LogP contribution in [0.2, 0.25) is 5.02 Å². The van der Waals surface area contributed by atoms with Crippen LogP contribution in [0.5, 0.6) is 11.5 Å². The van der Waals surface area contributed by atoms with Crippen molar-refractivity contribution in [3.05, 3.63) is 64.7 Å². The van der Waals surface area contributed by atoms with Crippen LogP contribution < -0.4 is 4.74 Å². The Balaban J connectivity index is 2.00. The zero-order chi connectivity index (χ0) is 18.2. The predicted molar refractivity (Wildman–Crippen MR) is 102 cm³/mol. The maximum Gasteiger partial charge on any atom is 0.185 e. The van der Waals surface area contributed by atoms with Gasteiger partial charge in [-0.05, 0) is 68.6 Å². The number of halogens is 1. The zero-order valence-electron chi connectivity index (χ0n) is 14.4. The van der Waals surface area contributed by atoms with E-state index in [1.165, 1.54) is 6.08 Å². The molecule has 0 saturated heterocycles. The number of carbonyl (C=O) groups excluding carboxylic acids is 1. The first-order valence-electron chi connectivity index (χ1n) is 8.04. The molecule has 2 aromatic carbocycles. The van der Waals surface area contributed by atoms with Crippen molar-refractivity contribution >= 4 is 23.5 Å². The van der Waals surface area contributed by atoms with Gasteiger partial charge in [-0.3, -0.25) is 4.79 Å². The minimum absolute atomic E-state index is 0.0889. The summed E-state index contributed by atoms with van der Waals surface area (Å²) >= 11 is 5.82. The molecule has 0 aromatic heterocycles. The molecule has 5 heteroatoms. The van der Waals surface area contributed by atoms with Crippen molar-refractivity contribution in [2.45, 2.75) is 6.42 Å². The number of ketones is 1. The van der Waals surface area contributed by atoms with Crippen LogP contribution in [0.3, 0.4) is 0 Å². The molecule has 1 N–H and O–H groups in total. The molecule has 0 heterocycles. The lowest BCUT2D eigenvalue weighted by Gasteiger charge is -2.11. The van der Waals surface area contributed by atoms with Crippen molar-refractivity contribution in [1.82, 2.24) is 4.90 Å². The van der Waals surface area contributed by atoms with Crippen molar-refractivity contribution in [2.75, 3.05) is 27.2 Å². The minimum Gasteiger partial charge on any atom is -0.504 e. The number of ether oxygens (including phenoxy) is 1. The fraction of sp³-hybridized carbons (Fsp3) is 0.250. The molecule has 2 aromatic rings. The highest BCUT2D eigenvalue weighted by Gasteiger charge is 2.05. The topological polar surface area (TPSA) is 49.8 Å². The summed E-state index contributed by atoms with van der Waals surface area (Å²) in [5, 5.41) is 10.5. The minimum atomic E-state index is -0.113. The Labute approximate surface area is 153 Å². The van der Waals surface area contributed by atoms with Gasteiger partial charge in [0.1, 0.15) is 0 Å². The van der Waals surface area contributed by atoms with Crippen LogP contribution in [0.1, 0.15) is 22.3 Å². The Morgan fingerprint density at radius 3 is 2.60 bits per heavy atom. The van der Waals surface area contributed by atoms with Crippen molar-refractivity contribution in [2.24, 2.45) is 0 Å². The molecule has 0 atom stereocenters. The van der Waals surface area contributed by atoms with E-state index >= 15 is 0 Å². The summed E-state index contributed by atoms with van der Waals surface area (Å²) in [6.45, 7) is 1.43. The molecular formula is C20H22ClNO3. The number of allylic oxidation sites excluding steroid dienone is 1. The van der Waals surface area contributed by atoms with E-state index in [0.717, 1.165) is 18.5 Å². The molecule has 132 valence electrons. The van der Waals surface area contributed by atoms with Crippen LogP contribution >= 0.6 is 11.6 Å². The maximum absolute atomic E-state index is 12.1. The second-order valence-corrected chi connectivity index (χ2v) is 6.37. The first-order valence-corrected chi connectivity index (χ1v) is 8.42. The standard InChI is InChI=1S/C20H22ClNO3/c1-22(2)12-3-13-25-20-14-15(5-11-19(20)24)4-10-18(23)16-6-8-17(21)9-7-16/h4-11,14,24H,3,12-13H2,1-2H3/b10-4+. The van der Waals surface area contributed by atoms with E-state index < -0.39 is 0 Å². The largest absolute Gasteiger partial charge is 0.504 e. The van der Waals surface area contributed by atoms with E-state index in [2.05, 4.69) is 4.90 Å². The van der Waals surface area contributed by atoms with Gasteiger partial charge in [-0.15, -0.1) is 0 Å². The van der Waals surface area contributed by atoms with Crippen LogP contribution in [0.25, 0.3) is 6.08 Å². The third kappa shape index (κ3) is 6.25. The average Bonchev–Trinajstić information content (AvgIpc) is 2.59. The molecule has 0 radical (unpaired) electrons. The number of benzene rings is 2. The van der Waals surface area contributed by atoms with Gasteiger partial charge in [0, 0.05) is 17.1 Å². The fourth-order valence-electron chi connectivity index (χ4n) is 2.20. The van der Waals surface area contributed by atoms with Gasteiger partial charge < -0.3 is 14.7 Å². The SMILES string of the molecule is CN(C)CCCOc1cc(/C=C/C(=O)c2ccc(Cl)cc2)ccc1O. The van der Waals surface area contributed by atoms with Crippen molar-refractivity contribution < 1.29 is 14.6 Å². The Morgan fingerprint density at radius 1 is 1.20 bits per heavy atom. The van der Waals surface area contributed by atoms with Crippen LogP contribution in [0.4, 0.5) is 0 Å². The molecule has 0 bridgehead atoms. The van der Waals surface area contributed by atoms with Crippen LogP contribution in [0, 0.1) is 0 Å². The fourth-order valence-corrected chi connectivity index (χ4v) is 2.32. The highest BCUT2D eigenvalue weighted by atomic mass is 35.5. The van der Waals surface area contributed by atoms with Gasteiger partial charge >= 0.3 is 0 Å². The lowest BCUT2D eigenvalue weighted by molar-refractivity contribution is 0.104. The van der Waals surface area contributed by atoms with E-state index in [-0.39, 0.29) is 11.5 Å². The number of nitrogens with zero attached hydrogens (tertiary/aromatic N) is 1. The van der Waals surface area contributed by atoms with E-state index in [1.54, 1.807) is 48.5 Å². The number of rotatable bonds is 8. The van der Waals surface area contributed by atoms with Gasteiger partial charge in [-0.1, -0.05) is 23.7 Å². The quantitative estimate of drug-likeness (QED) is 0.434. The monoisotopic (exact) mass is 359 g/mol. The third-order valence-corrected chi connectivity index (χ3v) is 3.80. The Hall–Kier alpha value is -2.30. The molecule has 2 rings (SSSR count). The molecule has 0 amide bonds. The summed E-state index contributed by atoms with van der Waals surface area (Å²) in [5.41, 5.74) is 1.35. The maximum atomic E-state index is 12.1. The molecule has 0 aliphatic rings. The molecule has 0 aliphatic carbocycles. The summed E-state index contributed by atoms with van der Waals surface area (Å²) in [6.07, 6.45) is 4.05. The summed E-state index contributed by atoms with van der Waals surface area (Å²) in [6, 6.07) is 11.7. The van der Waals surface area contributed by atoms with Gasteiger partial charge in [0.05, 0.1) is 6.61 Å². The number of hydrogen-bond donors (Lipinski definition) is 1. The van der Waals surface area contributed by atoms with E-state index in [4.69, 9.17) is 16.3 Å². The molecule has 25 heavy (non-hydrogen) atoms. The van der Waals surface area contributed by atoms with Gasteiger partial charge in [0.25, 0.3) is 0 Å². The van der Waals surface area contributed by atoms with Gasteiger partial charge in [-0.2, -0.15) is 0 Å². The number of phenols is 1. The lowest BCUT2D eigenvalue weighted by Crippen LogP contribution is -2.15. The summed E-state index contributed by atoms with van der Waals surface area (Å²) in [5.74, 6) is 0.393. The van der Waals surface area contributed by atoms with Crippen LogP contribution in [-0.4, -0.2) is 43.0 Å². The van der Waals surface area contributed by atoms with Gasteiger partial charge in [0.15, 0.2) is 17.3 Å². The highest BCUT2D eigenvalue weighted by molar-refractivity contribution is 6.30. The third-order valence-electron chi connectivity index (χ3n) is 3.55. The van der Waals surface area contributed by atoms with E-state index in [9.17, 15) is 9.90 Å². The highest BCUT2D eigenvalue weighted by Crippen LogP contribution is 2.27. The first-order chi connectivity index (χ1) is 12.0. The summed E-state index contributed by atoms with van der Waals surface area (Å²) < 4.78 is 5.62.